The lowest BCUT2D eigenvalue weighted by molar-refractivity contribution is 0.0993. The molecule has 5 nitrogen and oxygen atoms in total. The highest BCUT2D eigenvalue weighted by atomic mass is 16.1. The number of anilines is 1. The SMILES string of the molecule is Nc1ccc(C(=O)Cc2cccc(Cc3cc(-c4ccncc4)ncn3)c2)cc1. The standard InChI is InChI=1S/C24H20N4O/c25-21-6-4-20(5-7-21)24(29)14-18-3-1-2-17(12-18)13-22-15-23(28-16-27-22)19-8-10-26-11-9-19/h1-12,15-16H,13-14,25H2. The molecule has 0 saturated carbocycles. The van der Waals surface area contributed by atoms with E-state index < -0.39 is 0 Å². The van der Waals surface area contributed by atoms with Gasteiger partial charge < -0.3 is 5.73 Å². The molecule has 2 N–H and O–H groups in total. The topological polar surface area (TPSA) is 81.8 Å². The van der Waals surface area contributed by atoms with Gasteiger partial charge in [0.1, 0.15) is 6.33 Å². The van der Waals surface area contributed by atoms with Crippen LogP contribution in [0.3, 0.4) is 0 Å². The number of hydrogen-bond acceptors (Lipinski definition) is 5. The Morgan fingerprint density at radius 2 is 1.62 bits per heavy atom. The lowest BCUT2D eigenvalue weighted by Gasteiger charge is -2.07. The van der Waals surface area contributed by atoms with Gasteiger partial charge in [0.15, 0.2) is 5.78 Å². The highest BCUT2D eigenvalue weighted by Crippen LogP contribution is 2.18. The van der Waals surface area contributed by atoms with Crippen molar-refractivity contribution in [1.29, 1.82) is 0 Å². The fourth-order valence-corrected chi connectivity index (χ4v) is 3.19. The van der Waals surface area contributed by atoms with Gasteiger partial charge >= 0.3 is 0 Å². The third-order valence-corrected chi connectivity index (χ3v) is 4.67. The molecule has 0 radical (unpaired) electrons. The van der Waals surface area contributed by atoms with Crippen molar-refractivity contribution in [3.8, 4) is 11.3 Å². The van der Waals surface area contributed by atoms with E-state index in [1.165, 1.54) is 0 Å². The third kappa shape index (κ3) is 4.71. The maximum absolute atomic E-state index is 12.5. The molecule has 0 atom stereocenters. The van der Waals surface area contributed by atoms with Crippen molar-refractivity contribution in [3.63, 3.8) is 0 Å². The van der Waals surface area contributed by atoms with E-state index in [0.717, 1.165) is 28.1 Å². The Bertz CT molecular complexity index is 1120. The molecule has 142 valence electrons. The Kier molecular flexibility index (Phi) is 5.38. The van der Waals surface area contributed by atoms with E-state index in [1.54, 1.807) is 43.0 Å². The first-order chi connectivity index (χ1) is 14.2. The van der Waals surface area contributed by atoms with Crippen LogP contribution >= 0.6 is 0 Å². The van der Waals surface area contributed by atoms with Crippen LogP contribution in [-0.2, 0) is 12.8 Å². The minimum Gasteiger partial charge on any atom is -0.399 e. The van der Waals surface area contributed by atoms with Crippen LogP contribution in [-0.4, -0.2) is 20.7 Å². The molecular formula is C24H20N4O. The largest absolute Gasteiger partial charge is 0.399 e. The summed E-state index contributed by atoms with van der Waals surface area (Å²) in [6, 6.07) is 20.9. The maximum atomic E-state index is 12.5. The maximum Gasteiger partial charge on any atom is 0.167 e. The number of pyridine rings is 1. The fraction of sp³-hybridized carbons (Fsp3) is 0.0833. The minimum absolute atomic E-state index is 0.0733. The zero-order valence-corrected chi connectivity index (χ0v) is 15.8. The number of nitrogen functional groups attached to an aromatic ring is 1. The Balaban J connectivity index is 1.49. The van der Waals surface area contributed by atoms with Crippen molar-refractivity contribution >= 4 is 11.5 Å². The van der Waals surface area contributed by atoms with E-state index in [1.807, 2.05) is 36.4 Å². The van der Waals surface area contributed by atoms with Crippen LogP contribution in [0.15, 0.2) is 85.5 Å². The van der Waals surface area contributed by atoms with Crippen molar-refractivity contribution in [1.82, 2.24) is 15.0 Å². The number of benzene rings is 2. The zero-order chi connectivity index (χ0) is 20.1. The predicted octanol–water partition coefficient (Wildman–Crippen LogP) is 4.14. The Hall–Kier alpha value is -3.86. The van der Waals surface area contributed by atoms with Crippen LogP contribution in [0.4, 0.5) is 5.69 Å². The Labute approximate surface area is 169 Å². The monoisotopic (exact) mass is 380 g/mol. The summed E-state index contributed by atoms with van der Waals surface area (Å²) in [6.07, 6.45) is 6.10. The molecule has 2 heterocycles. The number of Topliss-reactive ketones (excluding diaryl/α,β-unsaturated/α-hetero) is 1. The second-order valence-electron chi connectivity index (χ2n) is 6.85. The van der Waals surface area contributed by atoms with E-state index in [-0.39, 0.29) is 5.78 Å². The van der Waals surface area contributed by atoms with Gasteiger partial charge in [-0.3, -0.25) is 9.78 Å². The average molecular weight is 380 g/mol. The number of carbonyl (C=O) groups is 1. The van der Waals surface area contributed by atoms with Gasteiger partial charge in [0, 0.05) is 47.7 Å². The zero-order valence-electron chi connectivity index (χ0n) is 15.8. The van der Waals surface area contributed by atoms with Gasteiger partial charge in [0.2, 0.25) is 0 Å². The molecule has 0 unspecified atom stereocenters. The van der Waals surface area contributed by atoms with Crippen LogP contribution in [0.2, 0.25) is 0 Å². The first kappa shape index (κ1) is 18.5. The average Bonchev–Trinajstić information content (AvgIpc) is 2.75. The number of carbonyl (C=O) groups excluding carboxylic acids is 1. The van der Waals surface area contributed by atoms with E-state index in [4.69, 9.17) is 5.73 Å². The van der Waals surface area contributed by atoms with Crippen LogP contribution in [0.1, 0.15) is 27.2 Å². The first-order valence-corrected chi connectivity index (χ1v) is 9.35. The summed E-state index contributed by atoms with van der Waals surface area (Å²) >= 11 is 0. The summed E-state index contributed by atoms with van der Waals surface area (Å²) in [5, 5.41) is 0. The number of ketones is 1. The second-order valence-corrected chi connectivity index (χ2v) is 6.85. The lowest BCUT2D eigenvalue weighted by atomic mass is 9.99. The van der Waals surface area contributed by atoms with Crippen LogP contribution in [0.25, 0.3) is 11.3 Å². The summed E-state index contributed by atoms with van der Waals surface area (Å²) in [5.41, 5.74) is 11.9. The van der Waals surface area contributed by atoms with Gasteiger partial charge in [0.25, 0.3) is 0 Å². The van der Waals surface area contributed by atoms with Crippen LogP contribution < -0.4 is 5.73 Å². The van der Waals surface area contributed by atoms with Crippen molar-refractivity contribution < 1.29 is 4.79 Å². The van der Waals surface area contributed by atoms with Gasteiger partial charge in [-0.2, -0.15) is 0 Å². The highest BCUT2D eigenvalue weighted by Gasteiger charge is 2.09. The van der Waals surface area contributed by atoms with Crippen molar-refractivity contribution in [2.75, 3.05) is 5.73 Å². The molecule has 4 rings (SSSR count). The Morgan fingerprint density at radius 1 is 0.862 bits per heavy atom. The molecule has 0 aliphatic rings. The molecule has 2 aromatic carbocycles. The van der Waals surface area contributed by atoms with E-state index in [2.05, 4.69) is 21.0 Å². The van der Waals surface area contributed by atoms with Gasteiger partial charge in [-0.05, 0) is 53.6 Å². The second kappa shape index (κ2) is 8.44. The van der Waals surface area contributed by atoms with Gasteiger partial charge in [-0.1, -0.05) is 24.3 Å². The molecule has 0 aliphatic carbocycles. The molecule has 0 saturated heterocycles. The smallest absolute Gasteiger partial charge is 0.167 e. The van der Waals surface area contributed by atoms with Crippen LogP contribution in [0.5, 0.6) is 0 Å². The van der Waals surface area contributed by atoms with Crippen molar-refractivity contribution in [2.24, 2.45) is 0 Å². The van der Waals surface area contributed by atoms with Gasteiger partial charge in [-0.25, -0.2) is 9.97 Å². The lowest BCUT2D eigenvalue weighted by Crippen LogP contribution is -2.04. The number of nitrogens with two attached hydrogens (primary N) is 1. The van der Waals surface area contributed by atoms with Gasteiger partial charge in [0.05, 0.1) is 5.69 Å². The number of rotatable bonds is 6. The summed E-state index contributed by atoms with van der Waals surface area (Å²) in [4.78, 5) is 25.3. The number of aromatic nitrogens is 3. The van der Waals surface area contributed by atoms with E-state index in [0.29, 0.717) is 24.1 Å². The molecule has 0 bridgehead atoms. The minimum atomic E-state index is 0.0733. The first-order valence-electron chi connectivity index (χ1n) is 9.35. The van der Waals surface area contributed by atoms with E-state index >= 15 is 0 Å². The normalized spacial score (nSPS) is 10.6. The number of nitrogens with zero attached hydrogens (tertiary/aromatic N) is 3. The summed E-state index contributed by atoms with van der Waals surface area (Å²) in [5.74, 6) is 0.0733. The molecule has 0 fully saturated rings. The van der Waals surface area contributed by atoms with E-state index in [9.17, 15) is 4.79 Å². The van der Waals surface area contributed by atoms with Gasteiger partial charge in [-0.15, -0.1) is 0 Å². The third-order valence-electron chi connectivity index (χ3n) is 4.67. The predicted molar refractivity (Wildman–Crippen MR) is 113 cm³/mol. The molecule has 0 aliphatic heterocycles. The van der Waals surface area contributed by atoms with Crippen molar-refractivity contribution in [3.05, 3.63) is 108 Å². The molecule has 2 aromatic heterocycles. The number of hydrogen-bond donors (Lipinski definition) is 1. The quantitative estimate of drug-likeness (QED) is 0.402. The summed E-state index contributed by atoms with van der Waals surface area (Å²) < 4.78 is 0. The Morgan fingerprint density at radius 3 is 2.41 bits per heavy atom. The summed E-state index contributed by atoms with van der Waals surface area (Å²) in [6.45, 7) is 0. The molecule has 5 heteroatoms. The van der Waals surface area contributed by atoms with Crippen LogP contribution in [0, 0.1) is 0 Å². The fourth-order valence-electron chi connectivity index (χ4n) is 3.19. The van der Waals surface area contributed by atoms with Crippen molar-refractivity contribution in [2.45, 2.75) is 12.8 Å². The molecule has 0 amide bonds. The molecule has 0 spiro atoms. The molecule has 29 heavy (non-hydrogen) atoms. The molecular weight excluding hydrogens is 360 g/mol. The summed E-state index contributed by atoms with van der Waals surface area (Å²) in [7, 11) is 0. The highest BCUT2D eigenvalue weighted by molar-refractivity contribution is 5.97. The molecule has 4 aromatic rings.